The van der Waals surface area contributed by atoms with Crippen LogP contribution in [0.2, 0.25) is 10.0 Å². The zero-order valence-electron chi connectivity index (χ0n) is 11.0. The van der Waals surface area contributed by atoms with Gasteiger partial charge < -0.3 is 5.32 Å². The lowest BCUT2D eigenvalue weighted by atomic mass is 10.0. The van der Waals surface area contributed by atoms with Gasteiger partial charge in [0.2, 0.25) is 5.91 Å². The second kappa shape index (κ2) is 7.01. The summed E-state index contributed by atoms with van der Waals surface area (Å²) in [7, 11) is 0. The van der Waals surface area contributed by atoms with Gasteiger partial charge in [-0.15, -0.1) is 0 Å². The molecule has 1 unspecified atom stereocenters. The zero-order chi connectivity index (χ0) is 13.7. The van der Waals surface area contributed by atoms with Crippen LogP contribution in [0.15, 0.2) is 18.2 Å². The minimum atomic E-state index is -0.108. The highest BCUT2D eigenvalue weighted by Gasteiger charge is 2.18. The van der Waals surface area contributed by atoms with E-state index in [1.165, 1.54) is 0 Å². The molecule has 0 aromatic heterocycles. The molecule has 0 bridgehead atoms. The molecular weight excluding hydrogens is 269 g/mol. The summed E-state index contributed by atoms with van der Waals surface area (Å²) in [6, 6.07) is 5.21. The van der Waals surface area contributed by atoms with E-state index in [0.29, 0.717) is 10.0 Å². The van der Waals surface area contributed by atoms with Gasteiger partial charge in [-0.25, -0.2) is 0 Å². The van der Waals surface area contributed by atoms with Gasteiger partial charge >= 0.3 is 0 Å². The van der Waals surface area contributed by atoms with Crippen LogP contribution in [0, 0.1) is 5.92 Å². The van der Waals surface area contributed by atoms with E-state index in [1.807, 2.05) is 26.8 Å². The summed E-state index contributed by atoms with van der Waals surface area (Å²) >= 11 is 12.0. The summed E-state index contributed by atoms with van der Waals surface area (Å²) in [5, 5.41) is 4.17. The molecule has 0 heterocycles. The van der Waals surface area contributed by atoms with Crippen molar-refractivity contribution in [1.29, 1.82) is 0 Å². The number of hydrogen-bond acceptors (Lipinski definition) is 1. The molecule has 0 fully saturated rings. The van der Waals surface area contributed by atoms with Crippen LogP contribution in [0.4, 0.5) is 0 Å². The molecule has 0 radical (unpaired) electrons. The Labute approximate surface area is 119 Å². The first-order valence-electron chi connectivity index (χ1n) is 6.24. The van der Waals surface area contributed by atoms with Crippen molar-refractivity contribution in [2.24, 2.45) is 5.92 Å². The van der Waals surface area contributed by atoms with E-state index in [4.69, 9.17) is 23.2 Å². The molecule has 0 aliphatic rings. The first-order chi connectivity index (χ1) is 8.49. The smallest absolute Gasteiger partial charge is 0.223 e. The van der Waals surface area contributed by atoms with Crippen LogP contribution in [0.5, 0.6) is 0 Å². The van der Waals surface area contributed by atoms with E-state index < -0.39 is 0 Å². The molecule has 2 nitrogen and oxygen atoms in total. The Bertz CT molecular complexity index is 416. The van der Waals surface area contributed by atoms with E-state index in [0.717, 1.165) is 18.4 Å². The average Bonchev–Trinajstić information content (AvgIpc) is 2.30. The lowest BCUT2D eigenvalue weighted by molar-refractivity contribution is -0.125. The Morgan fingerprint density at radius 1 is 1.28 bits per heavy atom. The van der Waals surface area contributed by atoms with Crippen LogP contribution in [-0.2, 0) is 4.79 Å². The van der Waals surface area contributed by atoms with E-state index in [-0.39, 0.29) is 17.9 Å². The Balaban J connectivity index is 2.76. The summed E-state index contributed by atoms with van der Waals surface area (Å²) in [5.74, 6) is 0.150. The quantitative estimate of drug-likeness (QED) is 0.842. The van der Waals surface area contributed by atoms with Crippen molar-refractivity contribution < 1.29 is 4.79 Å². The van der Waals surface area contributed by atoms with Gasteiger partial charge in [-0.1, -0.05) is 43.1 Å². The van der Waals surface area contributed by atoms with Gasteiger partial charge in [-0.3, -0.25) is 4.79 Å². The normalized spacial score (nSPS) is 12.6. The predicted octanol–water partition coefficient (Wildman–Crippen LogP) is 4.61. The van der Waals surface area contributed by atoms with Gasteiger partial charge in [0.05, 0.1) is 6.04 Å². The van der Waals surface area contributed by atoms with Crippen molar-refractivity contribution in [3.63, 3.8) is 0 Å². The van der Waals surface area contributed by atoms with Gasteiger partial charge in [0.1, 0.15) is 0 Å². The maximum atomic E-state index is 12.0. The standard InChI is InChI=1S/C14H19Cl2NO/c1-4-10(5-2)14(18)17-9(3)12-7-6-11(15)8-13(12)16/h6-10H,4-5H2,1-3H3,(H,17,18). The Hall–Kier alpha value is -0.730. The van der Waals surface area contributed by atoms with Gasteiger partial charge in [-0.05, 0) is 37.5 Å². The highest BCUT2D eigenvalue weighted by Crippen LogP contribution is 2.26. The monoisotopic (exact) mass is 287 g/mol. The van der Waals surface area contributed by atoms with Gasteiger partial charge in [-0.2, -0.15) is 0 Å². The van der Waals surface area contributed by atoms with Crippen LogP contribution < -0.4 is 5.32 Å². The van der Waals surface area contributed by atoms with Crippen LogP contribution in [-0.4, -0.2) is 5.91 Å². The molecule has 100 valence electrons. The highest BCUT2D eigenvalue weighted by atomic mass is 35.5. The highest BCUT2D eigenvalue weighted by molar-refractivity contribution is 6.35. The molecule has 1 aromatic carbocycles. The topological polar surface area (TPSA) is 29.1 Å². The molecule has 0 aliphatic carbocycles. The number of benzene rings is 1. The number of halogens is 2. The van der Waals surface area contributed by atoms with Crippen LogP contribution in [0.25, 0.3) is 0 Å². The Morgan fingerprint density at radius 2 is 1.89 bits per heavy atom. The number of hydrogen-bond donors (Lipinski definition) is 1. The number of amides is 1. The maximum absolute atomic E-state index is 12.0. The fourth-order valence-corrected chi connectivity index (χ4v) is 2.49. The molecule has 0 aliphatic heterocycles. The van der Waals surface area contributed by atoms with E-state index >= 15 is 0 Å². The molecule has 4 heteroatoms. The number of nitrogens with one attached hydrogen (secondary N) is 1. The first kappa shape index (κ1) is 15.3. The zero-order valence-corrected chi connectivity index (χ0v) is 12.5. The lowest BCUT2D eigenvalue weighted by Crippen LogP contribution is -2.32. The third-order valence-electron chi connectivity index (χ3n) is 3.14. The van der Waals surface area contributed by atoms with Gasteiger partial charge in [0.25, 0.3) is 0 Å². The molecule has 1 rings (SSSR count). The summed E-state index contributed by atoms with van der Waals surface area (Å²) in [6.45, 7) is 5.97. The Morgan fingerprint density at radius 3 is 2.39 bits per heavy atom. The number of carbonyl (C=O) groups excluding carboxylic acids is 1. The second-order valence-corrected chi connectivity index (χ2v) is 5.25. The van der Waals surface area contributed by atoms with Crippen LogP contribution in [0.1, 0.15) is 45.2 Å². The first-order valence-corrected chi connectivity index (χ1v) is 7.00. The van der Waals surface area contributed by atoms with Gasteiger partial charge in [0.15, 0.2) is 0 Å². The van der Waals surface area contributed by atoms with Crippen LogP contribution >= 0.6 is 23.2 Å². The number of rotatable bonds is 5. The van der Waals surface area contributed by atoms with Crippen molar-refractivity contribution in [1.82, 2.24) is 5.32 Å². The molecule has 18 heavy (non-hydrogen) atoms. The molecule has 1 amide bonds. The van der Waals surface area contributed by atoms with Crippen molar-refractivity contribution in [3.05, 3.63) is 33.8 Å². The van der Waals surface area contributed by atoms with Crippen molar-refractivity contribution in [3.8, 4) is 0 Å². The minimum absolute atomic E-state index is 0.0681. The summed E-state index contributed by atoms with van der Waals surface area (Å²) in [4.78, 5) is 12.0. The van der Waals surface area contributed by atoms with Crippen molar-refractivity contribution in [2.45, 2.75) is 39.7 Å². The molecule has 0 saturated heterocycles. The summed E-state index contributed by atoms with van der Waals surface area (Å²) in [5.41, 5.74) is 0.889. The molecule has 0 spiro atoms. The number of carbonyl (C=O) groups is 1. The van der Waals surface area contributed by atoms with E-state index in [1.54, 1.807) is 12.1 Å². The third kappa shape index (κ3) is 3.89. The predicted molar refractivity (Wildman–Crippen MR) is 77.1 cm³/mol. The summed E-state index contributed by atoms with van der Waals surface area (Å²) in [6.07, 6.45) is 1.70. The SMILES string of the molecule is CCC(CC)C(=O)NC(C)c1ccc(Cl)cc1Cl. The molecule has 1 aromatic rings. The minimum Gasteiger partial charge on any atom is -0.349 e. The lowest BCUT2D eigenvalue weighted by Gasteiger charge is -2.19. The second-order valence-electron chi connectivity index (χ2n) is 4.41. The molecule has 1 atom stereocenters. The maximum Gasteiger partial charge on any atom is 0.223 e. The fourth-order valence-electron chi connectivity index (χ4n) is 1.92. The van der Waals surface area contributed by atoms with Crippen molar-refractivity contribution in [2.75, 3.05) is 0 Å². The Kier molecular flexibility index (Phi) is 5.97. The van der Waals surface area contributed by atoms with E-state index in [2.05, 4.69) is 5.32 Å². The van der Waals surface area contributed by atoms with Crippen LogP contribution in [0.3, 0.4) is 0 Å². The molecular formula is C14H19Cl2NO. The van der Waals surface area contributed by atoms with Crippen molar-refractivity contribution >= 4 is 29.1 Å². The fraction of sp³-hybridized carbons (Fsp3) is 0.500. The molecule has 1 N–H and O–H groups in total. The van der Waals surface area contributed by atoms with Gasteiger partial charge in [0, 0.05) is 16.0 Å². The third-order valence-corrected chi connectivity index (χ3v) is 3.71. The van der Waals surface area contributed by atoms with E-state index in [9.17, 15) is 4.79 Å². The summed E-state index contributed by atoms with van der Waals surface area (Å²) < 4.78 is 0. The molecule has 0 saturated carbocycles. The average molecular weight is 288 g/mol. The largest absolute Gasteiger partial charge is 0.349 e.